The standard InChI is InChI=1S/C17H16Cl2O2/c1-20-14-4-2-11(3-5-14)8-16(19)15-10-13(18)9-12-6-7-21-17(12)15/h2-5,9-10,16H,6-8H2,1H3. The van der Waals surface area contributed by atoms with Gasteiger partial charge in [-0.15, -0.1) is 11.6 Å². The third-order valence-corrected chi connectivity index (χ3v) is 4.30. The summed E-state index contributed by atoms with van der Waals surface area (Å²) in [6.45, 7) is 0.703. The van der Waals surface area contributed by atoms with Gasteiger partial charge in [0, 0.05) is 17.0 Å². The largest absolute Gasteiger partial charge is 0.497 e. The predicted octanol–water partition coefficient (Wildman–Crippen LogP) is 4.81. The third-order valence-electron chi connectivity index (χ3n) is 3.69. The second-order valence-electron chi connectivity index (χ2n) is 5.10. The highest BCUT2D eigenvalue weighted by atomic mass is 35.5. The molecule has 1 aliphatic heterocycles. The minimum atomic E-state index is -0.163. The van der Waals surface area contributed by atoms with Crippen molar-refractivity contribution in [1.82, 2.24) is 0 Å². The second kappa shape index (κ2) is 6.17. The zero-order valence-electron chi connectivity index (χ0n) is 11.7. The first-order valence-corrected chi connectivity index (χ1v) is 7.71. The van der Waals surface area contributed by atoms with Crippen LogP contribution < -0.4 is 9.47 Å². The molecule has 0 bridgehead atoms. The first-order chi connectivity index (χ1) is 10.2. The van der Waals surface area contributed by atoms with Gasteiger partial charge in [-0.2, -0.15) is 0 Å². The molecule has 1 aliphatic rings. The van der Waals surface area contributed by atoms with Crippen molar-refractivity contribution in [2.45, 2.75) is 18.2 Å². The summed E-state index contributed by atoms with van der Waals surface area (Å²) in [5, 5.41) is 0.554. The summed E-state index contributed by atoms with van der Waals surface area (Å²) >= 11 is 12.8. The highest BCUT2D eigenvalue weighted by Gasteiger charge is 2.22. The van der Waals surface area contributed by atoms with Crippen LogP contribution in [-0.2, 0) is 12.8 Å². The topological polar surface area (TPSA) is 18.5 Å². The Kier molecular flexibility index (Phi) is 4.27. The molecule has 110 valence electrons. The molecule has 0 radical (unpaired) electrons. The summed E-state index contributed by atoms with van der Waals surface area (Å²) < 4.78 is 10.9. The van der Waals surface area contributed by atoms with E-state index in [0.29, 0.717) is 6.61 Å². The lowest BCUT2D eigenvalue weighted by Crippen LogP contribution is -1.99. The van der Waals surface area contributed by atoms with Gasteiger partial charge in [0.2, 0.25) is 0 Å². The molecular weight excluding hydrogens is 307 g/mol. The van der Waals surface area contributed by atoms with E-state index < -0.39 is 0 Å². The van der Waals surface area contributed by atoms with E-state index in [1.165, 1.54) is 0 Å². The Morgan fingerprint density at radius 1 is 1.24 bits per heavy atom. The molecule has 0 spiro atoms. The minimum Gasteiger partial charge on any atom is -0.497 e. The molecule has 3 rings (SSSR count). The van der Waals surface area contributed by atoms with Crippen molar-refractivity contribution < 1.29 is 9.47 Å². The van der Waals surface area contributed by atoms with Crippen LogP contribution in [0.25, 0.3) is 0 Å². The highest BCUT2D eigenvalue weighted by Crippen LogP contribution is 2.40. The normalized spacial score (nSPS) is 14.4. The van der Waals surface area contributed by atoms with Crippen LogP contribution in [0.4, 0.5) is 0 Å². The number of methoxy groups -OCH3 is 1. The van der Waals surface area contributed by atoms with E-state index in [2.05, 4.69) is 0 Å². The van der Waals surface area contributed by atoms with Gasteiger partial charge < -0.3 is 9.47 Å². The Bertz CT molecular complexity index is 638. The first-order valence-electron chi connectivity index (χ1n) is 6.89. The van der Waals surface area contributed by atoms with E-state index >= 15 is 0 Å². The zero-order chi connectivity index (χ0) is 14.8. The van der Waals surface area contributed by atoms with Crippen LogP contribution in [0.3, 0.4) is 0 Å². The fraction of sp³-hybridized carbons (Fsp3) is 0.294. The molecule has 0 N–H and O–H groups in total. The summed E-state index contributed by atoms with van der Waals surface area (Å²) in [4.78, 5) is 0. The maximum Gasteiger partial charge on any atom is 0.127 e. The van der Waals surface area contributed by atoms with Crippen molar-refractivity contribution in [1.29, 1.82) is 0 Å². The van der Waals surface area contributed by atoms with Crippen molar-refractivity contribution in [3.63, 3.8) is 0 Å². The van der Waals surface area contributed by atoms with E-state index in [1.807, 2.05) is 36.4 Å². The lowest BCUT2D eigenvalue weighted by Gasteiger charge is -2.15. The van der Waals surface area contributed by atoms with Gasteiger partial charge >= 0.3 is 0 Å². The molecule has 2 aromatic rings. The van der Waals surface area contributed by atoms with Crippen molar-refractivity contribution in [3.8, 4) is 11.5 Å². The average molecular weight is 323 g/mol. The number of benzene rings is 2. The zero-order valence-corrected chi connectivity index (χ0v) is 13.2. The highest BCUT2D eigenvalue weighted by molar-refractivity contribution is 6.31. The minimum absolute atomic E-state index is 0.163. The molecule has 1 heterocycles. The van der Waals surface area contributed by atoms with Crippen molar-refractivity contribution >= 4 is 23.2 Å². The lowest BCUT2D eigenvalue weighted by molar-refractivity contribution is 0.353. The van der Waals surface area contributed by atoms with Gasteiger partial charge in [0.05, 0.1) is 19.1 Å². The number of alkyl halides is 1. The molecule has 2 nitrogen and oxygen atoms in total. The Hall–Kier alpha value is -1.38. The number of fused-ring (bicyclic) bond motifs is 1. The van der Waals surface area contributed by atoms with Gasteiger partial charge in [0.25, 0.3) is 0 Å². The van der Waals surface area contributed by atoms with Crippen LogP contribution in [0, 0.1) is 0 Å². The maximum absolute atomic E-state index is 6.60. The fourth-order valence-corrected chi connectivity index (χ4v) is 3.20. The van der Waals surface area contributed by atoms with Crippen LogP contribution in [0.5, 0.6) is 11.5 Å². The third kappa shape index (κ3) is 3.12. The molecule has 0 fully saturated rings. The van der Waals surface area contributed by atoms with E-state index in [9.17, 15) is 0 Å². The first kappa shape index (κ1) is 14.6. The number of hydrogen-bond donors (Lipinski definition) is 0. The number of rotatable bonds is 4. The molecule has 0 aromatic heterocycles. The molecule has 1 unspecified atom stereocenters. The molecule has 0 aliphatic carbocycles. The van der Waals surface area contributed by atoms with Gasteiger partial charge in [-0.05, 0) is 41.8 Å². The average Bonchev–Trinajstić information content (AvgIpc) is 2.95. The van der Waals surface area contributed by atoms with Crippen molar-refractivity contribution in [2.24, 2.45) is 0 Å². The van der Waals surface area contributed by atoms with Gasteiger partial charge in [-0.25, -0.2) is 0 Å². The van der Waals surface area contributed by atoms with Crippen LogP contribution >= 0.6 is 23.2 Å². The summed E-state index contributed by atoms with van der Waals surface area (Å²) in [5.41, 5.74) is 3.29. The van der Waals surface area contributed by atoms with Gasteiger partial charge in [-0.1, -0.05) is 23.7 Å². The Morgan fingerprint density at radius 3 is 2.71 bits per heavy atom. The predicted molar refractivity (Wildman–Crippen MR) is 85.9 cm³/mol. The maximum atomic E-state index is 6.60. The van der Waals surface area contributed by atoms with Crippen molar-refractivity contribution in [3.05, 3.63) is 58.1 Å². The smallest absolute Gasteiger partial charge is 0.127 e. The molecule has 21 heavy (non-hydrogen) atoms. The van der Waals surface area contributed by atoms with E-state index in [0.717, 1.165) is 46.1 Å². The SMILES string of the molecule is COc1ccc(CC(Cl)c2cc(Cl)cc3c2OCC3)cc1. The number of halogens is 2. The summed E-state index contributed by atoms with van der Waals surface area (Å²) in [6.07, 6.45) is 1.62. The monoisotopic (exact) mass is 322 g/mol. The Morgan fingerprint density at radius 2 is 2.00 bits per heavy atom. The molecule has 1 atom stereocenters. The van der Waals surface area contributed by atoms with Gasteiger partial charge in [0.15, 0.2) is 0 Å². The molecule has 0 saturated carbocycles. The van der Waals surface area contributed by atoms with E-state index in [4.69, 9.17) is 32.7 Å². The number of hydrogen-bond acceptors (Lipinski definition) is 2. The van der Waals surface area contributed by atoms with Crippen LogP contribution in [-0.4, -0.2) is 13.7 Å². The Labute approximate surface area is 134 Å². The molecular formula is C17H16Cl2O2. The van der Waals surface area contributed by atoms with Crippen LogP contribution in [0.15, 0.2) is 36.4 Å². The second-order valence-corrected chi connectivity index (χ2v) is 6.06. The molecule has 0 amide bonds. The van der Waals surface area contributed by atoms with Gasteiger partial charge in [0.1, 0.15) is 11.5 Å². The summed E-state index contributed by atoms with van der Waals surface area (Å²) in [5.74, 6) is 1.75. The van der Waals surface area contributed by atoms with E-state index in [1.54, 1.807) is 7.11 Å². The van der Waals surface area contributed by atoms with Crippen molar-refractivity contribution in [2.75, 3.05) is 13.7 Å². The fourth-order valence-electron chi connectivity index (χ4n) is 2.61. The molecule has 2 aromatic carbocycles. The summed E-state index contributed by atoms with van der Waals surface area (Å²) in [7, 11) is 1.66. The van der Waals surface area contributed by atoms with Gasteiger partial charge in [-0.3, -0.25) is 0 Å². The van der Waals surface area contributed by atoms with Crippen LogP contribution in [0.1, 0.15) is 22.1 Å². The van der Waals surface area contributed by atoms with Crippen LogP contribution in [0.2, 0.25) is 5.02 Å². The molecule has 0 saturated heterocycles. The lowest BCUT2D eigenvalue weighted by atomic mass is 10.0. The molecule has 4 heteroatoms. The quantitative estimate of drug-likeness (QED) is 0.752. The number of ether oxygens (including phenoxy) is 2. The Balaban J connectivity index is 1.83. The van der Waals surface area contributed by atoms with E-state index in [-0.39, 0.29) is 5.38 Å². The summed E-state index contributed by atoms with van der Waals surface area (Å²) in [6, 6.07) is 11.8.